The molecule has 0 aliphatic carbocycles. The van der Waals surface area contributed by atoms with Crippen molar-refractivity contribution in [3.8, 4) is 0 Å². The van der Waals surface area contributed by atoms with Crippen LogP contribution in [0.3, 0.4) is 0 Å². The van der Waals surface area contributed by atoms with Gasteiger partial charge in [0.05, 0.1) is 5.56 Å². The number of rotatable bonds is 11. The monoisotopic (exact) mass is 533 g/mol. The van der Waals surface area contributed by atoms with Gasteiger partial charge in [0.25, 0.3) is 0 Å². The first-order chi connectivity index (χ1) is 16.3. The summed E-state index contributed by atoms with van der Waals surface area (Å²) in [6, 6.07) is 6.68. The van der Waals surface area contributed by atoms with Crippen molar-refractivity contribution >= 4 is 33.7 Å². The minimum Gasteiger partial charge on any atom is -0.480 e. The van der Waals surface area contributed by atoms with Crippen LogP contribution in [0.4, 0.5) is 5.82 Å². The van der Waals surface area contributed by atoms with E-state index >= 15 is 0 Å². The van der Waals surface area contributed by atoms with Crippen LogP contribution in [0.2, 0.25) is 0 Å². The minimum absolute atomic E-state index is 0.0445. The number of hydrogen-bond donors (Lipinski definition) is 3. The molecular weight excluding hydrogens is 502 g/mol. The van der Waals surface area contributed by atoms with Crippen molar-refractivity contribution in [3.05, 3.63) is 56.7 Å². The van der Waals surface area contributed by atoms with Gasteiger partial charge in [-0.15, -0.1) is 5.06 Å². The molecule has 0 spiro atoms. The summed E-state index contributed by atoms with van der Waals surface area (Å²) in [5.74, 6) is -0.803. The third-order valence-electron chi connectivity index (χ3n) is 6.06. The molecule has 0 saturated heterocycles. The fourth-order valence-electron chi connectivity index (χ4n) is 4.15. The number of carbonyl (C=O) groups is 2. The molecule has 0 radical (unpaired) electrons. The number of carboxylic acid groups (broad SMARTS) is 1. The van der Waals surface area contributed by atoms with Crippen molar-refractivity contribution in [1.29, 1.82) is 0 Å². The van der Waals surface area contributed by atoms with Crippen LogP contribution in [0, 0.1) is 13.8 Å². The van der Waals surface area contributed by atoms with Crippen LogP contribution in [-0.4, -0.2) is 57.9 Å². The lowest BCUT2D eigenvalue weighted by Crippen LogP contribution is -2.44. The Balaban J connectivity index is 1.67. The van der Waals surface area contributed by atoms with Gasteiger partial charge in [0.15, 0.2) is 0 Å². The van der Waals surface area contributed by atoms with Crippen LogP contribution in [0.5, 0.6) is 0 Å². The Morgan fingerprint density at radius 2 is 2.03 bits per heavy atom. The summed E-state index contributed by atoms with van der Waals surface area (Å²) < 4.78 is 0.772. The Morgan fingerprint density at radius 3 is 2.76 bits per heavy atom. The summed E-state index contributed by atoms with van der Waals surface area (Å²) in [6.45, 7) is 4.45. The van der Waals surface area contributed by atoms with E-state index in [-0.39, 0.29) is 19.6 Å². The molecule has 0 amide bonds. The van der Waals surface area contributed by atoms with Crippen LogP contribution in [0.1, 0.15) is 58.4 Å². The molecule has 0 bridgehead atoms. The summed E-state index contributed by atoms with van der Waals surface area (Å²) in [6.07, 6.45) is 4.19. The van der Waals surface area contributed by atoms with E-state index in [2.05, 4.69) is 27.3 Å². The fourth-order valence-corrected chi connectivity index (χ4v) is 4.48. The number of aliphatic hydroxyl groups excluding tert-OH is 1. The van der Waals surface area contributed by atoms with Gasteiger partial charge < -0.3 is 20.4 Å². The Kier molecular flexibility index (Phi) is 9.44. The highest BCUT2D eigenvalue weighted by atomic mass is 79.9. The number of fused-ring (bicyclic) bond motifs is 1. The molecule has 184 valence electrons. The van der Waals surface area contributed by atoms with Crippen LogP contribution in [0.25, 0.3) is 0 Å². The normalized spacial score (nSPS) is 13.8. The smallest absolute Gasteiger partial charge is 0.357 e. The molecule has 1 aliphatic rings. The largest absolute Gasteiger partial charge is 0.480 e. The number of unbranched alkanes of at least 4 members (excludes halogenated alkanes) is 1. The van der Waals surface area contributed by atoms with Gasteiger partial charge >= 0.3 is 11.9 Å². The summed E-state index contributed by atoms with van der Waals surface area (Å²) >= 11 is 3.43. The Labute approximate surface area is 208 Å². The van der Waals surface area contributed by atoms with E-state index in [0.717, 1.165) is 59.3 Å². The average molecular weight is 534 g/mol. The zero-order valence-electron chi connectivity index (χ0n) is 19.6. The average Bonchev–Trinajstić information content (AvgIpc) is 2.82. The van der Waals surface area contributed by atoms with E-state index in [1.165, 1.54) is 10.6 Å². The van der Waals surface area contributed by atoms with Gasteiger partial charge in [-0.25, -0.2) is 9.78 Å². The van der Waals surface area contributed by atoms with Crippen LogP contribution in [0.15, 0.2) is 28.7 Å². The zero-order chi connectivity index (χ0) is 24.7. The molecule has 34 heavy (non-hydrogen) atoms. The third-order valence-corrected chi connectivity index (χ3v) is 6.92. The molecule has 3 N–H and O–H groups in total. The lowest BCUT2D eigenvalue weighted by atomic mass is 10.0. The number of nitrogens with one attached hydrogen (secondary N) is 1. The highest BCUT2D eigenvalue weighted by Crippen LogP contribution is 2.25. The van der Waals surface area contributed by atoms with E-state index in [9.17, 15) is 19.8 Å². The number of hydroxylamine groups is 2. The summed E-state index contributed by atoms with van der Waals surface area (Å²) in [5, 5.41) is 23.6. The van der Waals surface area contributed by atoms with Crippen LogP contribution >= 0.6 is 15.9 Å². The Hall–Kier alpha value is -2.49. The molecule has 3 rings (SSSR count). The van der Waals surface area contributed by atoms with Gasteiger partial charge in [-0.3, -0.25) is 4.79 Å². The van der Waals surface area contributed by atoms with Gasteiger partial charge in [-0.05, 0) is 81.2 Å². The molecular formula is C25H32BrN3O5. The number of carbonyl (C=O) groups excluding carboxylic acids is 1. The van der Waals surface area contributed by atoms with Crippen molar-refractivity contribution in [2.24, 2.45) is 0 Å². The highest BCUT2D eigenvalue weighted by Gasteiger charge is 2.30. The maximum atomic E-state index is 13.0. The molecule has 9 heteroatoms. The van der Waals surface area contributed by atoms with E-state index in [1.54, 1.807) is 13.0 Å². The second-order valence-corrected chi connectivity index (χ2v) is 9.40. The molecule has 1 aromatic heterocycles. The summed E-state index contributed by atoms with van der Waals surface area (Å²) in [4.78, 5) is 35.2. The molecule has 1 aromatic carbocycles. The lowest BCUT2D eigenvalue weighted by Gasteiger charge is -2.27. The van der Waals surface area contributed by atoms with Crippen molar-refractivity contribution in [3.63, 3.8) is 0 Å². The van der Waals surface area contributed by atoms with E-state index in [1.807, 2.05) is 19.1 Å². The van der Waals surface area contributed by atoms with Crippen molar-refractivity contribution in [2.45, 2.75) is 58.4 Å². The number of aliphatic hydroxyl groups is 1. The predicted octanol–water partition coefficient (Wildman–Crippen LogP) is 4.05. The SMILES string of the molecule is Cc1ccc(Br)c(C)c1C(=O)ON(CCCCc1ccc2c(n1)NCCC2)[C@@H](CCO)C(=O)O. The fraction of sp³-hybridized carbons (Fsp3) is 0.480. The molecule has 2 aromatic rings. The Morgan fingerprint density at radius 1 is 1.24 bits per heavy atom. The minimum atomic E-state index is -1.15. The molecule has 8 nitrogen and oxygen atoms in total. The molecule has 1 aliphatic heterocycles. The molecule has 0 fully saturated rings. The van der Waals surface area contributed by atoms with Gasteiger partial charge in [0.1, 0.15) is 11.9 Å². The highest BCUT2D eigenvalue weighted by molar-refractivity contribution is 9.10. The quantitative estimate of drug-likeness (QED) is 0.293. The first-order valence-corrected chi connectivity index (χ1v) is 12.4. The number of halogens is 1. The van der Waals surface area contributed by atoms with E-state index in [4.69, 9.17) is 9.82 Å². The number of anilines is 1. The third kappa shape index (κ3) is 6.55. The molecule has 0 saturated carbocycles. The summed E-state index contributed by atoms with van der Waals surface area (Å²) in [5.41, 5.74) is 4.08. The number of pyridine rings is 1. The van der Waals surface area contributed by atoms with E-state index < -0.39 is 18.0 Å². The van der Waals surface area contributed by atoms with Gasteiger partial charge in [-0.2, -0.15) is 0 Å². The standard InChI is InChI=1S/C25H32BrN3O5/c1-16-8-11-20(26)17(2)22(16)25(33)34-29(21(12-15-30)24(31)32)14-4-3-7-19-10-9-18-6-5-13-27-23(18)28-19/h8-11,21,30H,3-7,12-15H2,1-2H3,(H,27,28)(H,31,32)/t21-/m0/s1. The second-order valence-electron chi connectivity index (χ2n) is 8.55. The number of hydrogen-bond acceptors (Lipinski definition) is 7. The first kappa shape index (κ1) is 26.1. The zero-order valence-corrected chi connectivity index (χ0v) is 21.2. The molecule has 2 heterocycles. The number of aromatic nitrogens is 1. The van der Waals surface area contributed by atoms with Gasteiger partial charge in [0.2, 0.25) is 0 Å². The topological polar surface area (TPSA) is 112 Å². The molecule has 0 unspecified atom stereocenters. The summed E-state index contributed by atoms with van der Waals surface area (Å²) in [7, 11) is 0. The van der Waals surface area contributed by atoms with Crippen molar-refractivity contribution in [2.75, 3.05) is 25.0 Å². The number of benzene rings is 1. The molecule has 1 atom stereocenters. The number of nitrogens with zero attached hydrogens (tertiary/aromatic N) is 2. The van der Waals surface area contributed by atoms with E-state index in [0.29, 0.717) is 12.0 Å². The van der Waals surface area contributed by atoms with Crippen molar-refractivity contribution in [1.82, 2.24) is 10.0 Å². The van der Waals surface area contributed by atoms with Crippen LogP contribution in [-0.2, 0) is 22.5 Å². The predicted molar refractivity (Wildman–Crippen MR) is 133 cm³/mol. The number of aryl methyl sites for hydroxylation is 3. The van der Waals surface area contributed by atoms with Crippen LogP contribution < -0.4 is 5.32 Å². The Bertz CT molecular complexity index is 1030. The first-order valence-electron chi connectivity index (χ1n) is 11.6. The van der Waals surface area contributed by atoms with Gasteiger partial charge in [0, 0.05) is 29.9 Å². The van der Waals surface area contributed by atoms with Gasteiger partial charge in [-0.1, -0.05) is 28.1 Å². The number of aliphatic carboxylic acids is 1. The maximum absolute atomic E-state index is 13.0. The number of carboxylic acids is 1. The maximum Gasteiger partial charge on any atom is 0.357 e. The van der Waals surface area contributed by atoms with Crippen molar-refractivity contribution < 1.29 is 24.6 Å². The lowest BCUT2D eigenvalue weighted by molar-refractivity contribution is -0.174. The second kappa shape index (κ2) is 12.3.